The van der Waals surface area contributed by atoms with Gasteiger partial charge < -0.3 is 11.1 Å². The third-order valence-electron chi connectivity index (χ3n) is 3.88. The molecular formula is C15H20N4OS2. The summed E-state index contributed by atoms with van der Waals surface area (Å²) >= 11 is 3.06. The number of hydrogen-bond donors (Lipinski definition) is 2. The third-order valence-corrected chi connectivity index (χ3v) is 5.67. The van der Waals surface area contributed by atoms with Crippen molar-refractivity contribution in [3.05, 3.63) is 29.8 Å². The smallest absolute Gasteiger partial charge is 0.231 e. The standard InChI is InChI=1S/C15H20N4OS2/c1-3-15(4-2,9-16)13(20)18-11-5-7-12(8-6-11)22-14-19-17-10-21-14/h5-8,10H,3-4,9,16H2,1-2H3,(H,18,20). The molecule has 1 aromatic heterocycles. The van der Waals surface area contributed by atoms with Crippen LogP contribution in [0.2, 0.25) is 0 Å². The van der Waals surface area contributed by atoms with Crippen LogP contribution in [-0.2, 0) is 4.79 Å². The molecule has 1 amide bonds. The van der Waals surface area contributed by atoms with Crippen molar-refractivity contribution >= 4 is 34.7 Å². The first-order valence-corrected chi connectivity index (χ1v) is 8.88. The Morgan fingerprint density at radius 3 is 2.50 bits per heavy atom. The predicted molar refractivity (Wildman–Crippen MR) is 91.2 cm³/mol. The van der Waals surface area contributed by atoms with Crippen molar-refractivity contribution in [3.8, 4) is 0 Å². The molecule has 2 rings (SSSR count). The van der Waals surface area contributed by atoms with Gasteiger partial charge in [-0.05, 0) is 37.1 Å². The Bertz CT molecular complexity index is 586. The molecule has 118 valence electrons. The minimum absolute atomic E-state index is 0.00970. The molecule has 0 bridgehead atoms. The third kappa shape index (κ3) is 3.85. The van der Waals surface area contributed by atoms with Crippen LogP contribution in [0, 0.1) is 5.41 Å². The predicted octanol–water partition coefficient (Wildman–Crippen LogP) is 3.39. The molecule has 0 radical (unpaired) electrons. The monoisotopic (exact) mass is 336 g/mol. The van der Waals surface area contributed by atoms with Crippen molar-refractivity contribution in [3.63, 3.8) is 0 Å². The van der Waals surface area contributed by atoms with E-state index in [9.17, 15) is 4.79 Å². The first kappa shape index (κ1) is 16.9. The summed E-state index contributed by atoms with van der Waals surface area (Å²) in [6, 6.07) is 7.72. The summed E-state index contributed by atoms with van der Waals surface area (Å²) in [5.74, 6) is -0.00970. The molecule has 0 atom stereocenters. The summed E-state index contributed by atoms with van der Waals surface area (Å²) in [4.78, 5) is 13.5. The second-order valence-corrected chi connectivity index (χ2v) is 7.13. The highest BCUT2D eigenvalue weighted by molar-refractivity contribution is 8.01. The van der Waals surface area contributed by atoms with Gasteiger partial charge in [0.25, 0.3) is 0 Å². The Morgan fingerprint density at radius 1 is 1.32 bits per heavy atom. The number of amides is 1. The fourth-order valence-electron chi connectivity index (χ4n) is 2.13. The molecule has 0 spiro atoms. The Morgan fingerprint density at radius 2 is 2.00 bits per heavy atom. The maximum absolute atomic E-state index is 12.5. The molecule has 0 saturated heterocycles. The molecule has 22 heavy (non-hydrogen) atoms. The number of nitrogens with two attached hydrogens (primary N) is 1. The van der Waals surface area contributed by atoms with Crippen LogP contribution in [-0.4, -0.2) is 22.6 Å². The van der Waals surface area contributed by atoms with Crippen LogP contribution < -0.4 is 11.1 Å². The van der Waals surface area contributed by atoms with Gasteiger partial charge in [0.1, 0.15) is 5.51 Å². The minimum Gasteiger partial charge on any atom is -0.329 e. The molecule has 1 aromatic carbocycles. The van der Waals surface area contributed by atoms with E-state index in [-0.39, 0.29) is 5.91 Å². The first-order chi connectivity index (χ1) is 10.6. The van der Waals surface area contributed by atoms with E-state index in [4.69, 9.17) is 5.73 Å². The zero-order valence-corrected chi connectivity index (χ0v) is 14.3. The maximum atomic E-state index is 12.5. The average Bonchev–Trinajstić information content (AvgIpc) is 3.04. The maximum Gasteiger partial charge on any atom is 0.231 e. The molecule has 0 aliphatic heterocycles. The van der Waals surface area contributed by atoms with E-state index in [1.54, 1.807) is 17.3 Å². The van der Waals surface area contributed by atoms with Gasteiger partial charge in [0.2, 0.25) is 5.91 Å². The number of rotatable bonds is 7. The number of nitrogens with one attached hydrogen (secondary N) is 1. The Kier molecular flexibility index (Phi) is 5.93. The lowest BCUT2D eigenvalue weighted by Gasteiger charge is -2.28. The summed E-state index contributed by atoms with van der Waals surface area (Å²) in [5, 5.41) is 10.8. The van der Waals surface area contributed by atoms with Gasteiger partial charge in [0.15, 0.2) is 4.34 Å². The number of aromatic nitrogens is 2. The molecule has 0 unspecified atom stereocenters. The van der Waals surface area contributed by atoms with Crippen LogP contribution in [0.15, 0.2) is 39.0 Å². The van der Waals surface area contributed by atoms with Crippen molar-refractivity contribution in [1.29, 1.82) is 0 Å². The van der Waals surface area contributed by atoms with Crippen LogP contribution >= 0.6 is 23.1 Å². The molecule has 0 fully saturated rings. The normalized spacial score (nSPS) is 11.4. The van der Waals surface area contributed by atoms with E-state index in [0.717, 1.165) is 27.8 Å². The molecule has 3 N–H and O–H groups in total. The van der Waals surface area contributed by atoms with Gasteiger partial charge in [0.05, 0.1) is 5.41 Å². The zero-order chi connectivity index (χ0) is 16.0. The van der Waals surface area contributed by atoms with E-state index in [1.807, 2.05) is 38.1 Å². The largest absolute Gasteiger partial charge is 0.329 e. The van der Waals surface area contributed by atoms with Crippen LogP contribution in [0.3, 0.4) is 0 Å². The topological polar surface area (TPSA) is 80.9 Å². The Balaban J connectivity index is 2.03. The van der Waals surface area contributed by atoms with Gasteiger partial charge in [-0.25, -0.2) is 0 Å². The highest BCUT2D eigenvalue weighted by atomic mass is 32.2. The molecule has 7 heteroatoms. The molecule has 2 aromatic rings. The van der Waals surface area contributed by atoms with Crippen molar-refractivity contribution < 1.29 is 4.79 Å². The molecule has 5 nitrogen and oxygen atoms in total. The van der Waals surface area contributed by atoms with Gasteiger partial charge in [0, 0.05) is 17.1 Å². The fourth-order valence-corrected chi connectivity index (χ4v) is 3.58. The summed E-state index contributed by atoms with van der Waals surface area (Å²) in [6.07, 6.45) is 1.47. The lowest BCUT2D eigenvalue weighted by molar-refractivity contribution is -0.125. The molecule has 0 aliphatic rings. The minimum atomic E-state index is -0.486. The van der Waals surface area contributed by atoms with Gasteiger partial charge in [-0.1, -0.05) is 36.9 Å². The van der Waals surface area contributed by atoms with Crippen molar-refractivity contribution in [1.82, 2.24) is 10.2 Å². The number of nitrogens with zero attached hydrogens (tertiary/aromatic N) is 2. The summed E-state index contributed by atoms with van der Waals surface area (Å²) in [6.45, 7) is 4.35. The number of carbonyl (C=O) groups is 1. The fraction of sp³-hybridized carbons (Fsp3) is 0.400. The van der Waals surface area contributed by atoms with E-state index < -0.39 is 5.41 Å². The van der Waals surface area contributed by atoms with Gasteiger partial charge in [-0.15, -0.1) is 10.2 Å². The summed E-state index contributed by atoms with van der Waals surface area (Å²) in [5.41, 5.74) is 7.81. The molecule has 1 heterocycles. The van der Waals surface area contributed by atoms with E-state index >= 15 is 0 Å². The zero-order valence-electron chi connectivity index (χ0n) is 12.7. The number of hydrogen-bond acceptors (Lipinski definition) is 6. The molecular weight excluding hydrogens is 316 g/mol. The van der Waals surface area contributed by atoms with Crippen LogP contribution in [0.5, 0.6) is 0 Å². The molecule has 0 aliphatic carbocycles. The highest BCUT2D eigenvalue weighted by Gasteiger charge is 2.33. The highest BCUT2D eigenvalue weighted by Crippen LogP contribution is 2.30. The van der Waals surface area contributed by atoms with Crippen LogP contribution in [0.1, 0.15) is 26.7 Å². The second-order valence-electron chi connectivity index (χ2n) is 4.98. The lowest BCUT2D eigenvalue weighted by Crippen LogP contribution is -2.41. The molecule has 0 saturated carbocycles. The quantitative estimate of drug-likeness (QED) is 0.810. The van der Waals surface area contributed by atoms with Crippen LogP contribution in [0.25, 0.3) is 0 Å². The average molecular weight is 336 g/mol. The number of anilines is 1. The first-order valence-electron chi connectivity index (χ1n) is 7.19. The van der Waals surface area contributed by atoms with Gasteiger partial charge in [-0.3, -0.25) is 4.79 Å². The van der Waals surface area contributed by atoms with E-state index in [1.165, 1.54) is 11.3 Å². The van der Waals surface area contributed by atoms with Crippen LogP contribution in [0.4, 0.5) is 5.69 Å². The number of carbonyl (C=O) groups excluding carboxylic acids is 1. The number of benzene rings is 1. The summed E-state index contributed by atoms with van der Waals surface area (Å²) in [7, 11) is 0. The van der Waals surface area contributed by atoms with Crippen molar-refractivity contribution in [2.45, 2.75) is 35.9 Å². The van der Waals surface area contributed by atoms with E-state index in [0.29, 0.717) is 6.54 Å². The van der Waals surface area contributed by atoms with E-state index in [2.05, 4.69) is 15.5 Å². The summed E-state index contributed by atoms with van der Waals surface area (Å²) < 4.78 is 0.899. The van der Waals surface area contributed by atoms with Crippen molar-refractivity contribution in [2.75, 3.05) is 11.9 Å². The lowest BCUT2D eigenvalue weighted by atomic mass is 9.81. The Labute approximate surface area is 138 Å². The SMILES string of the molecule is CCC(CC)(CN)C(=O)Nc1ccc(Sc2nncs2)cc1. The van der Waals surface area contributed by atoms with Gasteiger partial charge >= 0.3 is 0 Å². The Hall–Kier alpha value is -1.44. The van der Waals surface area contributed by atoms with Crippen molar-refractivity contribution in [2.24, 2.45) is 11.1 Å². The van der Waals surface area contributed by atoms with Gasteiger partial charge in [-0.2, -0.15) is 0 Å². The second kappa shape index (κ2) is 7.71.